The van der Waals surface area contributed by atoms with Crippen molar-refractivity contribution in [3.63, 3.8) is 0 Å². The third-order valence-electron chi connectivity index (χ3n) is 21.2. The molecule has 0 aromatic carbocycles. The number of aliphatic hydroxyl groups is 6. The summed E-state index contributed by atoms with van der Waals surface area (Å²) in [4.78, 5) is 250. The largest absolute Gasteiger partial charge is 0.391 e. The van der Waals surface area contributed by atoms with Crippen LogP contribution in [0, 0.1) is 35.5 Å². The third-order valence-corrected chi connectivity index (χ3v) is 21.2. The van der Waals surface area contributed by atoms with Gasteiger partial charge in [0.05, 0.1) is 42.7 Å². The number of hydrogen-bond donors (Lipinski definition) is 28. The Morgan fingerprint density at radius 3 is 0.556 bits per heavy atom. The number of primary amides is 1. The average Bonchev–Trinajstić information content (AvgIpc) is 0.850. The van der Waals surface area contributed by atoms with E-state index in [0.717, 1.165) is 41.5 Å². The predicted octanol–water partition coefficient (Wildman–Crippen LogP) is -6.95. The summed E-state index contributed by atoms with van der Waals surface area (Å²) in [5.74, 6) is -19.0. The monoisotopic (exact) mass is 1900 g/mol. The summed E-state index contributed by atoms with van der Waals surface area (Å²) in [6, 6.07) is -27.4. The predicted molar refractivity (Wildman–Crippen MR) is 493 cm³/mol. The van der Waals surface area contributed by atoms with E-state index in [1.54, 1.807) is 55.4 Å². The van der Waals surface area contributed by atoms with E-state index in [1.807, 2.05) is 27.7 Å². The molecule has 33 N–H and O–H groups in total. The Morgan fingerprint density at radius 1 is 0.203 bits per heavy atom. The maximum atomic E-state index is 14.6. The highest BCUT2D eigenvalue weighted by Gasteiger charge is 2.42. The van der Waals surface area contributed by atoms with Crippen molar-refractivity contribution in [1.82, 2.24) is 90.4 Å². The number of amides is 18. The van der Waals surface area contributed by atoms with Crippen LogP contribution in [0.3, 0.4) is 0 Å². The lowest BCUT2D eigenvalue weighted by molar-refractivity contribution is -0.138. The van der Waals surface area contributed by atoms with E-state index in [4.69, 9.17) is 28.7 Å². The maximum Gasteiger partial charge on any atom is 0.245 e. The van der Waals surface area contributed by atoms with E-state index >= 15 is 0 Å². The number of aliphatic hydroxyl groups excluding tert-OH is 6. The first kappa shape index (κ1) is 123. The number of nitrogens with two attached hydrogens (primary N) is 5. The molecule has 0 bridgehead atoms. The first-order chi connectivity index (χ1) is 61.8. The molecule has 0 aromatic heterocycles. The van der Waals surface area contributed by atoms with Crippen LogP contribution in [0.4, 0.5) is 0 Å². The van der Waals surface area contributed by atoms with E-state index in [9.17, 15) is 117 Å². The van der Waals surface area contributed by atoms with Gasteiger partial charge in [-0.3, -0.25) is 86.3 Å². The Hall–Kier alpha value is -9.94. The molecule has 0 radical (unpaired) electrons. The summed E-state index contributed by atoms with van der Waals surface area (Å²) in [6.45, 7) is 32.2. The van der Waals surface area contributed by atoms with Crippen molar-refractivity contribution in [3.05, 3.63) is 0 Å². The van der Waals surface area contributed by atoms with Crippen LogP contribution in [0.25, 0.3) is 0 Å². The third kappa shape index (κ3) is 47.2. The summed E-state index contributed by atoms with van der Waals surface area (Å²) < 4.78 is 0. The summed E-state index contributed by atoms with van der Waals surface area (Å²) in [6.07, 6.45) is -8.19. The van der Waals surface area contributed by atoms with Crippen LogP contribution in [0.5, 0.6) is 0 Å². The lowest BCUT2D eigenvalue weighted by Crippen LogP contribution is -2.63. The SMILES string of the molecule is CC(C)C[C@H](NC(=O)[C@H](C)NC(=O)[C@@H](NC(=O)[C@@H](NC(=O)[C@H](CCCCN)NC(=O)[C@H](CC(C)C)NC(=O)[C@H](CC(C)C)NC(=O)[C@H](C)NC(=O)[C@@H](NC(=O)[C@@H](NC(=O)[C@H](CCCCN)NC(=O)[C@H](CC(C)C)NC(=O)[C@@H](N)CC(C)C)[C@@H](C)O)[C@@H](C)O)[C@@H](C)O)[C@@H](C)O)C(=O)N[C@@H](CC(C)C)C(=O)N[C@@H](CCCCN)C(=O)N[C@H](C(=O)N[C@H](C(=O)N[C@@H](C)C(N)=O)[C@@H](C)O)[C@@H](C)O. The fraction of sp³-hybridized carbons (Fsp3) is 0.793. The Labute approximate surface area is 781 Å². The second-order valence-electron chi connectivity index (χ2n) is 37.2. The molecule has 18 amide bonds. The highest BCUT2D eigenvalue weighted by Crippen LogP contribution is 2.18. The van der Waals surface area contributed by atoms with Crippen molar-refractivity contribution in [1.29, 1.82) is 0 Å². The van der Waals surface area contributed by atoms with Crippen molar-refractivity contribution in [2.45, 2.75) is 387 Å². The van der Waals surface area contributed by atoms with Crippen LogP contribution in [0.2, 0.25) is 0 Å². The first-order valence-electron chi connectivity index (χ1n) is 46.2. The van der Waals surface area contributed by atoms with Crippen molar-refractivity contribution < 1.29 is 117 Å². The molecule has 0 aliphatic heterocycles. The van der Waals surface area contributed by atoms with Gasteiger partial charge in [-0.2, -0.15) is 0 Å². The Kier molecular flexibility index (Phi) is 57.9. The molecule has 0 fully saturated rings. The van der Waals surface area contributed by atoms with Gasteiger partial charge < -0.3 is 150 Å². The number of unbranched alkanes of at least 4 members (excludes halogenated alkanes) is 3. The number of nitrogens with one attached hydrogen (secondary N) is 17. The molecule has 0 aromatic rings. The van der Waals surface area contributed by atoms with Gasteiger partial charge in [-0.1, -0.05) is 83.1 Å². The van der Waals surface area contributed by atoms with Crippen molar-refractivity contribution in [2.75, 3.05) is 19.6 Å². The highest BCUT2D eigenvalue weighted by atomic mass is 16.3. The van der Waals surface area contributed by atoms with Crippen LogP contribution >= 0.6 is 0 Å². The summed E-state index contributed by atoms with van der Waals surface area (Å²) in [5, 5.41) is 107. The average molecular weight is 1900 g/mol. The van der Waals surface area contributed by atoms with Gasteiger partial charge in [0.25, 0.3) is 0 Å². The van der Waals surface area contributed by atoms with Crippen molar-refractivity contribution in [2.24, 2.45) is 64.2 Å². The molecule has 0 unspecified atom stereocenters. The number of hydrogen-bond acceptors (Lipinski definition) is 28. The van der Waals surface area contributed by atoms with Crippen LogP contribution in [0.15, 0.2) is 0 Å². The van der Waals surface area contributed by atoms with Gasteiger partial charge in [0, 0.05) is 0 Å². The minimum atomic E-state index is -1.93. The Bertz CT molecular complexity index is 3740. The molecule has 0 heterocycles. The van der Waals surface area contributed by atoms with Gasteiger partial charge in [0.2, 0.25) is 106 Å². The molecule has 0 rings (SSSR count). The fourth-order valence-electron chi connectivity index (χ4n) is 13.7. The molecule has 24 atom stereocenters. The summed E-state index contributed by atoms with van der Waals surface area (Å²) >= 11 is 0. The molecule has 0 spiro atoms. The summed E-state index contributed by atoms with van der Waals surface area (Å²) in [5.41, 5.74) is 28.7. The molecular weight excluding hydrogens is 1740 g/mol. The van der Waals surface area contributed by atoms with Gasteiger partial charge in [0.1, 0.15) is 103 Å². The van der Waals surface area contributed by atoms with Crippen LogP contribution in [-0.4, -0.2) is 302 Å². The number of carbonyl (C=O) groups excluding carboxylic acids is 18. The fourth-order valence-corrected chi connectivity index (χ4v) is 13.7. The molecule has 46 heteroatoms. The topological polar surface area (TPSA) is 763 Å². The molecule has 46 nitrogen and oxygen atoms in total. The van der Waals surface area contributed by atoms with E-state index in [0.29, 0.717) is 32.1 Å². The first-order valence-corrected chi connectivity index (χ1v) is 46.2. The number of rotatable bonds is 65. The van der Waals surface area contributed by atoms with Gasteiger partial charge in [-0.15, -0.1) is 0 Å². The van der Waals surface area contributed by atoms with E-state index in [1.165, 1.54) is 20.8 Å². The standard InChI is InChI=1S/C87H162N22O24/c1-40(2)34-55(91)73(119)101-61(37-43(7)8)77(123)96-56(28-22-25-31-88)74(120)105-68(53(20)114)86(132)108-65(50(17)111)83(129)94-47(14)71(117)100-60(36-42(5)6)81(127)103-63(39-45(11)12)79(125)98-58(30-24-27-33-90)76(122)106-69(54(21)115)87(133)109-66(51(18)112)84(130)95-48(15)72(118)99-59(35-41(3)4)80(126)102-62(38-44(9)10)78(124)97-57(29-23-26-32-89)75(121)104-67(52(19)113)85(131)107-64(49(16)110)82(128)93-46(13)70(92)116/h40-69,110-115H,22-39,88-91H2,1-21H3,(H2,92,116)(H,93,128)(H,94,129)(H,95,130)(H,96,123)(H,97,124)(H,98,125)(H,99,118)(H,100,117)(H,101,119)(H,102,126)(H,103,127)(H,104,121)(H,105,120)(H,106,122)(H,107,131)(H,108,132)(H,109,133)/t46-,47-,48-,49+,50+,51+,52+,53+,54+,55-,56-,57-,58-,59-,60-,61-,62-,63-,64-,65-,66-,67-,68-,69-/m0/s1. The molecular formula is C87H162N22O24. The minimum absolute atomic E-state index is 0.00159. The van der Waals surface area contributed by atoms with Crippen molar-refractivity contribution in [3.8, 4) is 0 Å². The molecule has 0 aliphatic rings. The highest BCUT2D eigenvalue weighted by molar-refractivity contribution is 6.02. The van der Waals surface area contributed by atoms with E-state index in [-0.39, 0.29) is 119 Å². The molecule has 133 heavy (non-hydrogen) atoms. The summed E-state index contributed by atoms with van der Waals surface area (Å²) in [7, 11) is 0. The molecule has 0 saturated carbocycles. The minimum Gasteiger partial charge on any atom is -0.391 e. The Balaban J connectivity index is 6.88. The van der Waals surface area contributed by atoms with Crippen LogP contribution in [-0.2, 0) is 86.3 Å². The lowest BCUT2D eigenvalue weighted by Gasteiger charge is -2.30. The zero-order valence-corrected chi connectivity index (χ0v) is 81.5. The normalized spacial score (nSPS) is 17.0. The van der Waals surface area contributed by atoms with Crippen LogP contribution in [0.1, 0.15) is 242 Å². The second kappa shape index (κ2) is 62.6. The lowest BCUT2D eigenvalue weighted by atomic mass is 9.99. The zero-order valence-electron chi connectivity index (χ0n) is 81.5. The Morgan fingerprint density at radius 2 is 0.368 bits per heavy atom. The van der Waals surface area contributed by atoms with Gasteiger partial charge >= 0.3 is 0 Å². The van der Waals surface area contributed by atoms with Crippen LogP contribution < -0.4 is 119 Å². The van der Waals surface area contributed by atoms with Gasteiger partial charge in [-0.25, -0.2) is 0 Å². The second-order valence-corrected chi connectivity index (χ2v) is 37.2. The smallest absolute Gasteiger partial charge is 0.245 e. The van der Waals surface area contributed by atoms with E-state index in [2.05, 4.69) is 90.4 Å². The molecule has 764 valence electrons. The van der Waals surface area contributed by atoms with Gasteiger partial charge in [-0.05, 0) is 214 Å². The quantitative estimate of drug-likeness (QED) is 0.0252. The van der Waals surface area contributed by atoms with Gasteiger partial charge in [0.15, 0.2) is 0 Å². The maximum absolute atomic E-state index is 14.6. The molecule has 0 aliphatic carbocycles. The van der Waals surface area contributed by atoms with E-state index < -0.39 is 252 Å². The molecule has 0 saturated heterocycles. The van der Waals surface area contributed by atoms with Crippen molar-refractivity contribution >= 4 is 106 Å². The zero-order chi connectivity index (χ0) is 102. The number of carbonyl (C=O) groups is 18.